The molecule has 0 atom stereocenters. The van der Waals surface area contributed by atoms with Crippen molar-refractivity contribution in [3.05, 3.63) is 29.8 Å². The molecule has 1 aromatic rings. The summed E-state index contributed by atoms with van der Waals surface area (Å²) in [4.78, 5) is 12.8. The number of nitrogens with zero attached hydrogens (tertiary/aromatic N) is 1. The summed E-state index contributed by atoms with van der Waals surface area (Å²) in [5, 5.41) is 8.79. The third-order valence-electron chi connectivity index (χ3n) is 2.37. The number of aromatic carboxylic acids is 1. The molecule has 1 aliphatic rings. The highest BCUT2D eigenvalue weighted by Crippen LogP contribution is 2.20. The van der Waals surface area contributed by atoms with Gasteiger partial charge in [0.05, 0.1) is 5.56 Å². The number of carbonyl (C=O) groups is 1. The average molecular weight is 192 g/mol. The van der Waals surface area contributed by atoms with Gasteiger partial charge in [0.25, 0.3) is 0 Å². The Morgan fingerprint density at radius 3 is 2.79 bits per heavy atom. The molecule has 0 radical (unpaired) electrons. The molecule has 0 amide bonds. The zero-order valence-corrected chi connectivity index (χ0v) is 7.68. The molecular formula is C10H12N2O2. The average Bonchev–Trinajstić information content (AvgIpc) is 2.13. The molecule has 14 heavy (non-hydrogen) atoms. The Morgan fingerprint density at radius 1 is 1.50 bits per heavy atom. The Kier molecular flexibility index (Phi) is 2.13. The smallest absolute Gasteiger partial charge is 0.335 e. The minimum absolute atomic E-state index is 0.225. The fraction of sp³-hybridized carbons (Fsp3) is 0.300. The first kappa shape index (κ1) is 9.02. The lowest BCUT2D eigenvalue weighted by molar-refractivity contribution is 0.0697. The first-order valence-electron chi connectivity index (χ1n) is 4.50. The van der Waals surface area contributed by atoms with Crippen LogP contribution in [0.4, 0.5) is 5.69 Å². The Labute approximate surface area is 81.9 Å². The summed E-state index contributed by atoms with van der Waals surface area (Å²) in [6.07, 6.45) is 0. The van der Waals surface area contributed by atoms with E-state index >= 15 is 0 Å². The second-order valence-corrected chi connectivity index (χ2v) is 3.52. The highest BCUT2D eigenvalue weighted by molar-refractivity contribution is 5.88. The number of carboxylic acids is 1. The van der Waals surface area contributed by atoms with E-state index in [1.165, 1.54) is 0 Å². The van der Waals surface area contributed by atoms with Crippen molar-refractivity contribution in [2.75, 3.05) is 18.0 Å². The van der Waals surface area contributed by atoms with Gasteiger partial charge in [-0.3, -0.25) is 0 Å². The maximum atomic E-state index is 10.7. The van der Waals surface area contributed by atoms with Gasteiger partial charge in [-0.2, -0.15) is 0 Å². The molecule has 4 heteroatoms. The van der Waals surface area contributed by atoms with E-state index in [1.54, 1.807) is 18.2 Å². The fourth-order valence-corrected chi connectivity index (χ4v) is 1.56. The number of rotatable bonds is 2. The van der Waals surface area contributed by atoms with Crippen molar-refractivity contribution in [3.63, 3.8) is 0 Å². The van der Waals surface area contributed by atoms with Crippen LogP contribution in [0.25, 0.3) is 0 Å². The lowest BCUT2D eigenvalue weighted by atomic mass is 10.1. The van der Waals surface area contributed by atoms with Crippen LogP contribution in [-0.2, 0) is 0 Å². The lowest BCUT2D eigenvalue weighted by Gasteiger charge is -2.38. The van der Waals surface area contributed by atoms with E-state index in [-0.39, 0.29) is 6.04 Å². The largest absolute Gasteiger partial charge is 0.478 e. The Hall–Kier alpha value is -1.55. The number of benzene rings is 1. The van der Waals surface area contributed by atoms with Crippen LogP contribution >= 0.6 is 0 Å². The van der Waals surface area contributed by atoms with Gasteiger partial charge in [-0.05, 0) is 18.2 Å². The fourth-order valence-electron chi connectivity index (χ4n) is 1.56. The van der Waals surface area contributed by atoms with Crippen molar-refractivity contribution in [1.29, 1.82) is 0 Å². The van der Waals surface area contributed by atoms with Crippen LogP contribution in [0, 0.1) is 0 Å². The zero-order chi connectivity index (χ0) is 10.1. The number of hydrogen-bond donors (Lipinski definition) is 2. The van der Waals surface area contributed by atoms with E-state index in [1.807, 2.05) is 6.07 Å². The highest BCUT2D eigenvalue weighted by atomic mass is 16.4. The van der Waals surface area contributed by atoms with Crippen LogP contribution in [0.15, 0.2) is 24.3 Å². The van der Waals surface area contributed by atoms with Gasteiger partial charge in [0.2, 0.25) is 0 Å². The molecule has 0 aromatic heterocycles. The lowest BCUT2D eigenvalue weighted by Crippen LogP contribution is -2.55. The predicted octanol–water partition coefficient (Wildman–Crippen LogP) is 0.532. The molecule has 1 aliphatic heterocycles. The number of nitrogens with two attached hydrogens (primary N) is 1. The van der Waals surface area contributed by atoms with Gasteiger partial charge in [-0.1, -0.05) is 6.07 Å². The first-order chi connectivity index (χ1) is 6.66. The van der Waals surface area contributed by atoms with Gasteiger partial charge in [0.15, 0.2) is 0 Å². The molecule has 1 fully saturated rings. The van der Waals surface area contributed by atoms with Gasteiger partial charge in [0, 0.05) is 24.8 Å². The van der Waals surface area contributed by atoms with E-state index in [0.717, 1.165) is 18.8 Å². The van der Waals surface area contributed by atoms with Crippen LogP contribution in [0.2, 0.25) is 0 Å². The maximum absolute atomic E-state index is 10.7. The van der Waals surface area contributed by atoms with Crippen LogP contribution in [0.1, 0.15) is 10.4 Å². The molecule has 0 bridgehead atoms. The Morgan fingerprint density at radius 2 is 2.21 bits per heavy atom. The van der Waals surface area contributed by atoms with Crippen LogP contribution in [0.3, 0.4) is 0 Å². The second-order valence-electron chi connectivity index (χ2n) is 3.52. The summed E-state index contributed by atoms with van der Waals surface area (Å²) in [5.41, 5.74) is 6.90. The van der Waals surface area contributed by atoms with Crippen molar-refractivity contribution < 1.29 is 9.90 Å². The molecule has 2 rings (SSSR count). The van der Waals surface area contributed by atoms with Crippen LogP contribution in [0.5, 0.6) is 0 Å². The number of hydrogen-bond acceptors (Lipinski definition) is 3. The first-order valence-corrected chi connectivity index (χ1v) is 4.50. The minimum atomic E-state index is -0.892. The standard InChI is InChI=1S/C10H12N2O2/c11-8-5-12(6-8)9-3-1-2-7(4-9)10(13)14/h1-4,8H,5-6,11H2,(H,13,14). The monoisotopic (exact) mass is 192 g/mol. The molecule has 0 aliphatic carbocycles. The van der Waals surface area contributed by atoms with E-state index < -0.39 is 5.97 Å². The third-order valence-corrected chi connectivity index (χ3v) is 2.37. The minimum Gasteiger partial charge on any atom is -0.478 e. The molecule has 3 N–H and O–H groups in total. The van der Waals surface area contributed by atoms with Gasteiger partial charge in [-0.25, -0.2) is 4.79 Å². The maximum Gasteiger partial charge on any atom is 0.335 e. The summed E-state index contributed by atoms with van der Waals surface area (Å²) in [5.74, 6) is -0.892. The molecule has 0 unspecified atom stereocenters. The van der Waals surface area contributed by atoms with E-state index in [9.17, 15) is 4.79 Å². The van der Waals surface area contributed by atoms with Gasteiger partial charge in [-0.15, -0.1) is 0 Å². The third kappa shape index (κ3) is 1.56. The van der Waals surface area contributed by atoms with Crippen molar-refractivity contribution in [3.8, 4) is 0 Å². The quantitative estimate of drug-likeness (QED) is 0.717. The summed E-state index contributed by atoms with van der Waals surface area (Å²) < 4.78 is 0. The SMILES string of the molecule is NC1CN(c2cccc(C(=O)O)c2)C1. The summed E-state index contributed by atoms with van der Waals surface area (Å²) in [7, 11) is 0. The molecule has 1 saturated heterocycles. The van der Waals surface area contributed by atoms with Crippen molar-refractivity contribution >= 4 is 11.7 Å². The van der Waals surface area contributed by atoms with Crippen molar-refractivity contribution in [2.24, 2.45) is 5.73 Å². The molecule has 0 spiro atoms. The van der Waals surface area contributed by atoms with Crippen molar-refractivity contribution in [2.45, 2.75) is 6.04 Å². The molecule has 0 saturated carbocycles. The van der Waals surface area contributed by atoms with E-state index in [4.69, 9.17) is 10.8 Å². The van der Waals surface area contributed by atoms with Crippen molar-refractivity contribution in [1.82, 2.24) is 0 Å². The van der Waals surface area contributed by atoms with Gasteiger partial charge < -0.3 is 15.7 Å². The second kappa shape index (κ2) is 3.31. The molecule has 1 aromatic carbocycles. The Balaban J connectivity index is 2.18. The van der Waals surface area contributed by atoms with Crippen LogP contribution in [-0.4, -0.2) is 30.2 Å². The number of carboxylic acid groups (broad SMARTS) is 1. The van der Waals surface area contributed by atoms with Gasteiger partial charge in [0.1, 0.15) is 0 Å². The van der Waals surface area contributed by atoms with Crippen LogP contribution < -0.4 is 10.6 Å². The number of anilines is 1. The highest BCUT2D eigenvalue weighted by Gasteiger charge is 2.23. The van der Waals surface area contributed by atoms with E-state index in [2.05, 4.69) is 4.90 Å². The predicted molar refractivity (Wildman–Crippen MR) is 53.6 cm³/mol. The molecule has 4 nitrogen and oxygen atoms in total. The summed E-state index contributed by atoms with van der Waals surface area (Å²) >= 11 is 0. The normalized spacial score (nSPS) is 16.5. The molecule has 74 valence electrons. The topological polar surface area (TPSA) is 66.6 Å². The summed E-state index contributed by atoms with van der Waals surface area (Å²) in [6.45, 7) is 1.62. The molecular weight excluding hydrogens is 180 g/mol. The van der Waals surface area contributed by atoms with E-state index in [0.29, 0.717) is 5.56 Å². The molecule has 1 heterocycles. The Bertz CT molecular complexity index is 359. The summed E-state index contributed by atoms with van der Waals surface area (Å²) in [6, 6.07) is 7.14. The zero-order valence-electron chi connectivity index (χ0n) is 7.68. The van der Waals surface area contributed by atoms with Gasteiger partial charge >= 0.3 is 5.97 Å².